The minimum atomic E-state index is -0.139. The summed E-state index contributed by atoms with van der Waals surface area (Å²) in [5.41, 5.74) is 3.66. The van der Waals surface area contributed by atoms with Gasteiger partial charge in [-0.05, 0) is 36.6 Å². The van der Waals surface area contributed by atoms with E-state index in [1.54, 1.807) is 14.2 Å². The van der Waals surface area contributed by atoms with E-state index in [4.69, 9.17) is 9.47 Å². The predicted octanol–water partition coefficient (Wildman–Crippen LogP) is 3.87. The number of benzene rings is 2. The van der Waals surface area contributed by atoms with Crippen LogP contribution in [0, 0.1) is 6.92 Å². The minimum Gasteiger partial charge on any atom is -0.484 e. The van der Waals surface area contributed by atoms with Gasteiger partial charge in [0, 0.05) is 31.2 Å². The molecule has 0 saturated heterocycles. The van der Waals surface area contributed by atoms with Crippen LogP contribution in [0.5, 0.6) is 5.75 Å². The number of ether oxygens (including phenoxy) is 2. The molecule has 2 unspecified atom stereocenters. The molecule has 0 bridgehead atoms. The second kappa shape index (κ2) is 13.8. The summed E-state index contributed by atoms with van der Waals surface area (Å²) in [6.07, 6.45) is 0.953. The zero-order valence-electron chi connectivity index (χ0n) is 17.1. The molecular weight excluding hydrogens is 503 g/mol. The van der Waals surface area contributed by atoms with Crippen molar-refractivity contribution in [1.29, 1.82) is 0 Å². The lowest BCUT2D eigenvalue weighted by molar-refractivity contribution is -0.122. The van der Waals surface area contributed by atoms with Crippen molar-refractivity contribution in [2.45, 2.75) is 25.5 Å². The molecule has 2 N–H and O–H groups in total. The van der Waals surface area contributed by atoms with Gasteiger partial charge >= 0.3 is 0 Å². The SMILES string of the molecule is CNC(=O)COc1ccc(CC(CI)NCC(OC)c2cccc(C)c2)cc1.Cl. The smallest absolute Gasteiger partial charge is 0.257 e. The highest BCUT2D eigenvalue weighted by Crippen LogP contribution is 2.18. The quantitative estimate of drug-likeness (QED) is 0.341. The van der Waals surface area contributed by atoms with Crippen LogP contribution in [-0.2, 0) is 16.0 Å². The molecule has 160 valence electrons. The van der Waals surface area contributed by atoms with Crippen LogP contribution in [0.25, 0.3) is 0 Å². The Labute approximate surface area is 193 Å². The standard InChI is InChI=1S/C22H29IN2O3.ClH/c1-16-5-4-6-18(11-16)21(27-3)14-25-19(13-23)12-17-7-9-20(10-8-17)28-15-22(26)24-2;/h4-11,19,21,25H,12-15H2,1-3H3,(H,24,26);1H. The van der Waals surface area contributed by atoms with Gasteiger partial charge in [0.1, 0.15) is 5.75 Å². The van der Waals surface area contributed by atoms with E-state index in [1.807, 2.05) is 12.1 Å². The van der Waals surface area contributed by atoms with E-state index < -0.39 is 0 Å². The second-order valence-corrected chi connectivity index (χ2v) is 7.59. The predicted molar refractivity (Wildman–Crippen MR) is 129 cm³/mol. The van der Waals surface area contributed by atoms with E-state index in [2.05, 4.69) is 76.5 Å². The summed E-state index contributed by atoms with van der Waals surface area (Å²) < 4.78 is 12.1. The molecule has 29 heavy (non-hydrogen) atoms. The highest BCUT2D eigenvalue weighted by molar-refractivity contribution is 14.1. The van der Waals surface area contributed by atoms with Gasteiger partial charge in [-0.1, -0.05) is 64.6 Å². The first-order valence-corrected chi connectivity index (χ1v) is 10.9. The monoisotopic (exact) mass is 532 g/mol. The average molecular weight is 533 g/mol. The number of nitrogens with one attached hydrogen (secondary N) is 2. The Morgan fingerprint density at radius 3 is 2.48 bits per heavy atom. The Balaban J connectivity index is 0.00000420. The molecule has 0 aliphatic heterocycles. The normalized spacial score (nSPS) is 12.6. The van der Waals surface area contributed by atoms with Gasteiger partial charge in [0.05, 0.1) is 6.10 Å². The maximum absolute atomic E-state index is 11.3. The summed E-state index contributed by atoms with van der Waals surface area (Å²) in [5, 5.41) is 6.17. The number of halogens is 2. The second-order valence-electron chi connectivity index (χ2n) is 6.71. The molecule has 2 atom stereocenters. The summed E-state index contributed by atoms with van der Waals surface area (Å²) in [7, 11) is 3.35. The first kappa shape index (κ1) is 25.7. The van der Waals surface area contributed by atoms with Crippen molar-refractivity contribution < 1.29 is 14.3 Å². The number of rotatable bonds is 11. The van der Waals surface area contributed by atoms with Crippen molar-refractivity contribution in [3.8, 4) is 5.75 Å². The Kier molecular flexibility index (Phi) is 12.2. The lowest BCUT2D eigenvalue weighted by Gasteiger charge is -2.22. The van der Waals surface area contributed by atoms with Crippen molar-refractivity contribution >= 4 is 40.9 Å². The van der Waals surface area contributed by atoms with Gasteiger partial charge in [0.25, 0.3) is 5.91 Å². The molecule has 0 aliphatic carbocycles. The lowest BCUT2D eigenvalue weighted by Crippen LogP contribution is -2.36. The van der Waals surface area contributed by atoms with Gasteiger partial charge in [-0.15, -0.1) is 12.4 Å². The molecule has 7 heteroatoms. The van der Waals surface area contributed by atoms with E-state index in [1.165, 1.54) is 16.7 Å². The molecule has 0 saturated carbocycles. The van der Waals surface area contributed by atoms with Crippen molar-refractivity contribution in [2.75, 3.05) is 31.7 Å². The minimum absolute atomic E-state index is 0. The molecule has 0 fully saturated rings. The van der Waals surface area contributed by atoms with Gasteiger partial charge in [-0.25, -0.2) is 0 Å². The number of aryl methyl sites for hydroxylation is 1. The topological polar surface area (TPSA) is 59.6 Å². The van der Waals surface area contributed by atoms with Gasteiger partial charge in [0.15, 0.2) is 6.61 Å². The van der Waals surface area contributed by atoms with E-state index in [9.17, 15) is 4.79 Å². The molecular formula is C22H30ClIN2O3. The fraction of sp³-hybridized carbons (Fsp3) is 0.409. The van der Waals surface area contributed by atoms with Crippen LogP contribution in [0.4, 0.5) is 0 Å². The third-order valence-corrected chi connectivity index (χ3v) is 5.59. The van der Waals surface area contributed by atoms with Gasteiger partial charge in [-0.3, -0.25) is 4.79 Å². The maximum Gasteiger partial charge on any atom is 0.257 e. The number of carbonyl (C=O) groups is 1. The van der Waals surface area contributed by atoms with Crippen LogP contribution in [0.2, 0.25) is 0 Å². The first-order valence-electron chi connectivity index (χ1n) is 9.36. The number of hydrogen-bond acceptors (Lipinski definition) is 4. The zero-order valence-corrected chi connectivity index (χ0v) is 20.1. The fourth-order valence-electron chi connectivity index (χ4n) is 2.89. The zero-order chi connectivity index (χ0) is 20.4. The lowest BCUT2D eigenvalue weighted by atomic mass is 10.0. The summed E-state index contributed by atoms with van der Waals surface area (Å²) in [6.45, 7) is 2.89. The van der Waals surface area contributed by atoms with Gasteiger partial charge in [-0.2, -0.15) is 0 Å². The van der Waals surface area contributed by atoms with Crippen LogP contribution in [-0.4, -0.2) is 43.7 Å². The number of carbonyl (C=O) groups excluding carboxylic acids is 1. The summed E-state index contributed by atoms with van der Waals surface area (Å²) in [6, 6.07) is 16.7. The van der Waals surface area contributed by atoms with Crippen molar-refractivity contribution in [2.24, 2.45) is 0 Å². The molecule has 0 aromatic heterocycles. The molecule has 5 nitrogen and oxygen atoms in total. The van der Waals surface area contributed by atoms with Crippen molar-refractivity contribution in [3.63, 3.8) is 0 Å². The molecule has 0 spiro atoms. The van der Waals surface area contributed by atoms with Crippen LogP contribution in [0.1, 0.15) is 22.8 Å². The molecule has 0 heterocycles. The highest BCUT2D eigenvalue weighted by atomic mass is 127. The fourth-order valence-corrected chi connectivity index (χ4v) is 3.51. The Hall–Kier alpha value is -1.35. The highest BCUT2D eigenvalue weighted by Gasteiger charge is 2.14. The average Bonchev–Trinajstić information content (AvgIpc) is 2.72. The third-order valence-electron chi connectivity index (χ3n) is 4.53. The molecule has 0 aliphatic rings. The molecule has 2 aromatic carbocycles. The first-order chi connectivity index (χ1) is 13.5. The van der Waals surface area contributed by atoms with Gasteiger partial charge < -0.3 is 20.1 Å². The maximum atomic E-state index is 11.3. The summed E-state index contributed by atoms with van der Waals surface area (Å²) in [4.78, 5) is 11.3. The number of likely N-dealkylation sites (N-methyl/N-ethyl adjacent to an activating group) is 1. The Morgan fingerprint density at radius 1 is 1.17 bits per heavy atom. The van der Waals surface area contributed by atoms with Crippen LogP contribution in [0.15, 0.2) is 48.5 Å². The molecule has 1 amide bonds. The largest absolute Gasteiger partial charge is 0.484 e. The molecule has 2 aromatic rings. The van der Waals surface area contributed by atoms with Crippen LogP contribution in [0.3, 0.4) is 0 Å². The van der Waals surface area contributed by atoms with Gasteiger partial charge in [0.2, 0.25) is 0 Å². The van der Waals surface area contributed by atoms with E-state index >= 15 is 0 Å². The number of amides is 1. The Morgan fingerprint density at radius 2 is 1.90 bits per heavy atom. The molecule has 2 rings (SSSR count). The van der Waals surface area contributed by atoms with E-state index in [-0.39, 0.29) is 31.0 Å². The van der Waals surface area contributed by atoms with E-state index in [0.29, 0.717) is 11.8 Å². The Bertz CT molecular complexity index is 743. The summed E-state index contributed by atoms with van der Waals surface area (Å²) >= 11 is 2.41. The van der Waals surface area contributed by atoms with E-state index in [0.717, 1.165) is 17.4 Å². The summed E-state index contributed by atoms with van der Waals surface area (Å²) in [5.74, 6) is 0.560. The molecule has 0 radical (unpaired) electrons. The number of methoxy groups -OCH3 is 1. The van der Waals surface area contributed by atoms with Crippen LogP contribution < -0.4 is 15.4 Å². The van der Waals surface area contributed by atoms with Crippen LogP contribution >= 0.6 is 35.0 Å². The van der Waals surface area contributed by atoms with Crippen molar-refractivity contribution in [1.82, 2.24) is 10.6 Å². The van der Waals surface area contributed by atoms with Crippen molar-refractivity contribution in [3.05, 3.63) is 65.2 Å². The third kappa shape index (κ3) is 8.90. The number of hydrogen-bond donors (Lipinski definition) is 2. The number of alkyl halides is 1.